The number of hydrogen-bond donors (Lipinski definition) is 1. The number of amides is 1. The van der Waals surface area contributed by atoms with Gasteiger partial charge in [0, 0.05) is 22.2 Å². The topological polar surface area (TPSA) is 97.3 Å². The molecule has 0 spiro atoms. The van der Waals surface area contributed by atoms with Crippen LogP contribution in [0.4, 0.5) is 0 Å². The van der Waals surface area contributed by atoms with Gasteiger partial charge in [0.05, 0.1) is 31.9 Å². The van der Waals surface area contributed by atoms with Gasteiger partial charge in [-0.3, -0.25) is 4.79 Å². The van der Waals surface area contributed by atoms with Gasteiger partial charge in [0.15, 0.2) is 11.5 Å². The van der Waals surface area contributed by atoms with Gasteiger partial charge in [-0.25, -0.2) is 13.8 Å². The molecule has 3 aromatic rings. The predicted octanol–water partition coefficient (Wildman–Crippen LogP) is 4.66. The fraction of sp³-hybridized carbons (Fsp3) is 0.200. The van der Waals surface area contributed by atoms with E-state index >= 15 is 0 Å². The van der Waals surface area contributed by atoms with E-state index in [1.807, 2.05) is 6.92 Å². The summed E-state index contributed by atoms with van der Waals surface area (Å²) in [5.41, 5.74) is 4.33. The highest BCUT2D eigenvalue weighted by Gasteiger charge is 2.27. The van der Waals surface area contributed by atoms with E-state index in [9.17, 15) is 13.2 Å². The zero-order valence-corrected chi connectivity index (χ0v) is 22.2. The van der Waals surface area contributed by atoms with Gasteiger partial charge >= 0.3 is 0 Å². The van der Waals surface area contributed by atoms with Crippen LogP contribution in [0.5, 0.6) is 11.5 Å². The SMILES string of the molecule is COc1cccc(/C=N\NC(=O)CN(Cc2ccc(Cl)cc2Cl)S(=O)(=O)c2ccc(C)cc2)c1OC. The maximum Gasteiger partial charge on any atom is 0.255 e. The van der Waals surface area contributed by atoms with Crippen LogP contribution in [0.1, 0.15) is 16.7 Å². The van der Waals surface area contributed by atoms with E-state index in [0.29, 0.717) is 27.6 Å². The molecule has 0 unspecified atom stereocenters. The highest BCUT2D eigenvalue weighted by Crippen LogP contribution is 2.29. The van der Waals surface area contributed by atoms with Gasteiger partial charge in [-0.15, -0.1) is 0 Å². The molecule has 0 aliphatic carbocycles. The first-order valence-corrected chi connectivity index (χ1v) is 12.9. The molecule has 0 heterocycles. The van der Waals surface area contributed by atoms with E-state index in [1.54, 1.807) is 42.5 Å². The average molecular weight is 550 g/mol. The Balaban J connectivity index is 1.84. The summed E-state index contributed by atoms with van der Waals surface area (Å²) in [6.07, 6.45) is 1.38. The first kappa shape index (κ1) is 27.5. The largest absolute Gasteiger partial charge is 0.493 e. The minimum absolute atomic E-state index is 0.0515. The van der Waals surface area contributed by atoms with Gasteiger partial charge < -0.3 is 9.47 Å². The Bertz CT molecular complexity index is 1360. The highest BCUT2D eigenvalue weighted by atomic mass is 35.5. The van der Waals surface area contributed by atoms with E-state index in [4.69, 9.17) is 32.7 Å². The molecular weight excluding hydrogens is 525 g/mol. The van der Waals surface area contributed by atoms with Crippen LogP contribution in [-0.2, 0) is 21.4 Å². The minimum Gasteiger partial charge on any atom is -0.493 e. The van der Waals surface area contributed by atoms with Crippen LogP contribution in [0.3, 0.4) is 0 Å². The van der Waals surface area contributed by atoms with Crippen molar-refractivity contribution in [3.8, 4) is 11.5 Å². The van der Waals surface area contributed by atoms with Crippen LogP contribution >= 0.6 is 23.2 Å². The third-order valence-electron chi connectivity index (χ3n) is 5.17. The molecule has 0 bridgehead atoms. The summed E-state index contributed by atoms with van der Waals surface area (Å²) in [5.74, 6) is 0.302. The standard InChI is InChI=1S/C25H25Cl2N3O5S/c1-17-7-11-21(12-8-17)36(32,33)30(15-19-9-10-20(26)13-22(19)27)16-24(31)29-28-14-18-5-4-6-23(34-2)25(18)35-3/h4-14H,15-16H2,1-3H3,(H,29,31)/b28-14-. The fourth-order valence-corrected chi connectivity index (χ4v) is 5.15. The van der Waals surface area contributed by atoms with Gasteiger partial charge in [0.2, 0.25) is 10.0 Å². The van der Waals surface area contributed by atoms with Crippen molar-refractivity contribution in [1.29, 1.82) is 0 Å². The number of methoxy groups -OCH3 is 2. The number of nitrogens with zero attached hydrogens (tertiary/aromatic N) is 2. The van der Waals surface area contributed by atoms with Crippen molar-refractivity contribution in [3.63, 3.8) is 0 Å². The van der Waals surface area contributed by atoms with E-state index in [0.717, 1.165) is 9.87 Å². The molecule has 190 valence electrons. The Morgan fingerprint density at radius 1 is 1.06 bits per heavy atom. The smallest absolute Gasteiger partial charge is 0.255 e. The maximum atomic E-state index is 13.4. The van der Waals surface area contributed by atoms with E-state index < -0.39 is 22.5 Å². The van der Waals surface area contributed by atoms with Crippen molar-refractivity contribution in [2.24, 2.45) is 5.10 Å². The monoisotopic (exact) mass is 549 g/mol. The van der Waals surface area contributed by atoms with Crippen LogP contribution in [0, 0.1) is 6.92 Å². The molecular formula is C25H25Cl2N3O5S. The lowest BCUT2D eigenvalue weighted by molar-refractivity contribution is -0.121. The molecule has 8 nitrogen and oxygen atoms in total. The molecule has 0 saturated carbocycles. The number of carbonyl (C=O) groups excluding carboxylic acids is 1. The second-order valence-electron chi connectivity index (χ2n) is 7.70. The van der Waals surface area contributed by atoms with Crippen molar-refractivity contribution >= 4 is 45.3 Å². The molecule has 3 aromatic carbocycles. The Morgan fingerprint density at radius 3 is 2.42 bits per heavy atom. The molecule has 36 heavy (non-hydrogen) atoms. The van der Waals surface area contributed by atoms with Crippen molar-refractivity contribution in [3.05, 3.63) is 87.4 Å². The molecule has 0 fully saturated rings. The van der Waals surface area contributed by atoms with Crippen LogP contribution in [0.15, 0.2) is 70.7 Å². The number of rotatable bonds is 10. The predicted molar refractivity (Wildman–Crippen MR) is 141 cm³/mol. The molecule has 0 aromatic heterocycles. The Labute approximate surface area is 220 Å². The molecule has 0 radical (unpaired) electrons. The lowest BCUT2D eigenvalue weighted by atomic mass is 10.2. The summed E-state index contributed by atoms with van der Waals surface area (Å²) in [6, 6.07) is 16.3. The summed E-state index contributed by atoms with van der Waals surface area (Å²) in [6.45, 7) is 1.21. The number of para-hydroxylation sites is 1. The number of ether oxygens (including phenoxy) is 2. The number of sulfonamides is 1. The molecule has 0 aliphatic heterocycles. The highest BCUT2D eigenvalue weighted by molar-refractivity contribution is 7.89. The van der Waals surface area contributed by atoms with E-state index in [-0.39, 0.29) is 16.5 Å². The average Bonchev–Trinajstić information content (AvgIpc) is 2.85. The summed E-state index contributed by atoms with van der Waals surface area (Å²) in [4.78, 5) is 12.8. The normalized spacial score (nSPS) is 11.6. The van der Waals surface area contributed by atoms with Gasteiger partial charge in [0.1, 0.15) is 0 Å². The molecule has 11 heteroatoms. The number of nitrogens with one attached hydrogen (secondary N) is 1. The van der Waals surface area contributed by atoms with Crippen LogP contribution in [0.25, 0.3) is 0 Å². The first-order valence-electron chi connectivity index (χ1n) is 10.7. The Hall–Kier alpha value is -3.11. The zero-order valence-electron chi connectivity index (χ0n) is 19.9. The molecule has 1 N–H and O–H groups in total. The zero-order chi connectivity index (χ0) is 26.3. The second kappa shape index (κ2) is 12.2. The van der Waals surface area contributed by atoms with Gasteiger partial charge in [0.25, 0.3) is 5.91 Å². The van der Waals surface area contributed by atoms with E-state index in [2.05, 4.69) is 10.5 Å². The van der Waals surface area contributed by atoms with Crippen LogP contribution < -0.4 is 14.9 Å². The Kier molecular flexibility index (Phi) is 9.33. The summed E-state index contributed by atoms with van der Waals surface area (Å²) in [7, 11) is -1.04. The number of benzene rings is 3. The van der Waals surface area contributed by atoms with Gasteiger partial charge in [-0.1, -0.05) is 53.0 Å². The molecule has 3 rings (SSSR count). The summed E-state index contributed by atoms with van der Waals surface area (Å²) >= 11 is 12.3. The number of aryl methyl sites for hydroxylation is 1. The molecule has 0 atom stereocenters. The first-order chi connectivity index (χ1) is 17.1. The lowest BCUT2D eigenvalue weighted by Gasteiger charge is -2.22. The van der Waals surface area contributed by atoms with Gasteiger partial charge in [-0.2, -0.15) is 9.41 Å². The fourth-order valence-electron chi connectivity index (χ4n) is 3.31. The third-order valence-corrected chi connectivity index (χ3v) is 7.56. The third kappa shape index (κ3) is 6.76. The molecule has 0 saturated heterocycles. The summed E-state index contributed by atoms with van der Waals surface area (Å²) < 4.78 is 38.5. The van der Waals surface area contributed by atoms with Gasteiger partial charge in [-0.05, 0) is 48.9 Å². The van der Waals surface area contributed by atoms with Crippen molar-refractivity contribution in [2.75, 3.05) is 20.8 Å². The maximum absolute atomic E-state index is 13.4. The second-order valence-corrected chi connectivity index (χ2v) is 10.5. The van der Waals surface area contributed by atoms with E-state index in [1.165, 1.54) is 38.6 Å². The Morgan fingerprint density at radius 2 is 1.78 bits per heavy atom. The molecule has 0 aliphatic rings. The minimum atomic E-state index is -4.04. The lowest BCUT2D eigenvalue weighted by Crippen LogP contribution is -2.39. The summed E-state index contributed by atoms with van der Waals surface area (Å²) in [5, 5.41) is 4.66. The number of carbonyl (C=O) groups is 1. The number of halogens is 2. The van der Waals surface area contributed by atoms with Crippen LogP contribution in [0.2, 0.25) is 10.0 Å². The quantitative estimate of drug-likeness (QED) is 0.293. The number of hydrogen-bond acceptors (Lipinski definition) is 6. The number of hydrazone groups is 1. The van der Waals surface area contributed by atoms with Crippen molar-refractivity contribution in [2.45, 2.75) is 18.4 Å². The van der Waals surface area contributed by atoms with Crippen molar-refractivity contribution < 1.29 is 22.7 Å². The van der Waals surface area contributed by atoms with Crippen molar-refractivity contribution in [1.82, 2.24) is 9.73 Å². The molecule has 1 amide bonds. The van der Waals surface area contributed by atoms with Crippen LogP contribution in [-0.4, -0.2) is 45.6 Å².